The first-order valence-electron chi connectivity index (χ1n) is 8.91. The van der Waals surface area contributed by atoms with Crippen LogP contribution in [0.4, 0.5) is 5.69 Å². The van der Waals surface area contributed by atoms with Crippen molar-refractivity contribution in [2.24, 2.45) is 7.05 Å². The fraction of sp³-hybridized carbons (Fsp3) is 0.250. The number of carbonyl (C=O) groups is 2. The van der Waals surface area contributed by atoms with E-state index >= 15 is 0 Å². The van der Waals surface area contributed by atoms with Crippen LogP contribution in [0.25, 0.3) is 5.69 Å². The second kappa shape index (κ2) is 8.09. The van der Waals surface area contributed by atoms with Gasteiger partial charge in [-0.2, -0.15) is 10.2 Å². The normalized spacial score (nSPS) is 10.6. The van der Waals surface area contributed by atoms with Gasteiger partial charge in [-0.05, 0) is 39.0 Å². The van der Waals surface area contributed by atoms with Gasteiger partial charge < -0.3 is 10.1 Å². The van der Waals surface area contributed by atoms with Crippen molar-refractivity contribution < 1.29 is 14.3 Å². The van der Waals surface area contributed by atoms with Gasteiger partial charge in [0.2, 0.25) is 0 Å². The number of rotatable bonds is 5. The number of hydrogen-bond donors (Lipinski definition) is 1. The van der Waals surface area contributed by atoms with Crippen LogP contribution >= 0.6 is 0 Å². The molecule has 0 radical (unpaired) electrons. The zero-order valence-corrected chi connectivity index (χ0v) is 16.6. The molecule has 1 amide bonds. The average molecular weight is 395 g/mol. The highest BCUT2D eigenvalue weighted by molar-refractivity contribution is 5.95. The number of esters is 1. The fourth-order valence-electron chi connectivity index (χ4n) is 2.75. The summed E-state index contributed by atoms with van der Waals surface area (Å²) in [6.07, 6.45) is 0. The molecule has 0 bridgehead atoms. The second-order valence-electron chi connectivity index (χ2n) is 6.60. The van der Waals surface area contributed by atoms with Crippen LogP contribution in [-0.2, 0) is 16.6 Å². The van der Waals surface area contributed by atoms with E-state index in [0.717, 1.165) is 21.6 Å². The zero-order valence-electron chi connectivity index (χ0n) is 16.6. The molecule has 0 aliphatic carbocycles. The summed E-state index contributed by atoms with van der Waals surface area (Å²) >= 11 is 0. The predicted octanol–water partition coefficient (Wildman–Crippen LogP) is 1.69. The number of benzene rings is 1. The summed E-state index contributed by atoms with van der Waals surface area (Å²) in [6, 6.07) is 10.3. The van der Waals surface area contributed by atoms with Gasteiger partial charge in [-0.3, -0.25) is 9.59 Å². The van der Waals surface area contributed by atoms with E-state index in [0.29, 0.717) is 11.4 Å². The van der Waals surface area contributed by atoms with E-state index in [4.69, 9.17) is 4.74 Å². The predicted molar refractivity (Wildman–Crippen MR) is 106 cm³/mol. The van der Waals surface area contributed by atoms with E-state index in [1.54, 1.807) is 11.6 Å². The van der Waals surface area contributed by atoms with E-state index in [-0.39, 0.29) is 11.3 Å². The maximum Gasteiger partial charge on any atom is 0.359 e. The lowest BCUT2D eigenvalue weighted by atomic mass is 10.2. The third kappa shape index (κ3) is 4.40. The molecule has 9 heteroatoms. The van der Waals surface area contributed by atoms with Gasteiger partial charge in [0.15, 0.2) is 12.3 Å². The minimum Gasteiger partial charge on any atom is -0.451 e. The van der Waals surface area contributed by atoms with E-state index in [1.807, 2.05) is 38.1 Å². The third-order valence-electron chi connectivity index (χ3n) is 4.34. The highest BCUT2D eigenvalue weighted by Crippen LogP contribution is 2.23. The number of aryl methyl sites for hydroxylation is 3. The van der Waals surface area contributed by atoms with Crippen molar-refractivity contribution in [1.82, 2.24) is 19.6 Å². The van der Waals surface area contributed by atoms with Gasteiger partial charge in [0.05, 0.1) is 22.8 Å². The quantitative estimate of drug-likeness (QED) is 0.659. The minimum atomic E-state index is -0.792. The number of amides is 1. The van der Waals surface area contributed by atoms with Gasteiger partial charge >= 0.3 is 5.97 Å². The molecule has 3 rings (SSSR count). The van der Waals surface area contributed by atoms with Crippen molar-refractivity contribution in [2.45, 2.75) is 20.8 Å². The first-order valence-corrected chi connectivity index (χ1v) is 8.91. The van der Waals surface area contributed by atoms with E-state index in [9.17, 15) is 14.4 Å². The maximum atomic E-state index is 12.3. The lowest BCUT2D eigenvalue weighted by molar-refractivity contribution is -0.119. The summed E-state index contributed by atoms with van der Waals surface area (Å²) in [5, 5.41) is 11.0. The summed E-state index contributed by atoms with van der Waals surface area (Å²) in [4.78, 5) is 35.6. The zero-order chi connectivity index (χ0) is 21.1. The molecule has 9 nitrogen and oxygen atoms in total. The molecule has 0 saturated carbocycles. The summed E-state index contributed by atoms with van der Waals surface area (Å²) in [5.74, 6) is -1.29. The van der Waals surface area contributed by atoms with Crippen molar-refractivity contribution >= 4 is 17.6 Å². The molecule has 0 aliphatic rings. The van der Waals surface area contributed by atoms with Crippen LogP contribution in [0.2, 0.25) is 0 Å². The molecule has 3 aromatic rings. The van der Waals surface area contributed by atoms with Gasteiger partial charge in [-0.25, -0.2) is 14.2 Å². The Morgan fingerprint density at radius 3 is 2.38 bits per heavy atom. The van der Waals surface area contributed by atoms with Crippen LogP contribution in [-0.4, -0.2) is 38.0 Å². The Kier molecular flexibility index (Phi) is 5.58. The molecular formula is C20H21N5O4. The Morgan fingerprint density at radius 1 is 1.03 bits per heavy atom. The molecular weight excluding hydrogens is 374 g/mol. The molecule has 0 aliphatic heterocycles. The number of ether oxygens (including phenoxy) is 1. The number of aromatic nitrogens is 4. The van der Waals surface area contributed by atoms with Crippen molar-refractivity contribution in [3.8, 4) is 5.69 Å². The Hall–Kier alpha value is -3.75. The van der Waals surface area contributed by atoms with Crippen LogP contribution < -0.4 is 10.9 Å². The smallest absolute Gasteiger partial charge is 0.359 e. The average Bonchev–Trinajstić information content (AvgIpc) is 2.97. The molecule has 29 heavy (non-hydrogen) atoms. The Balaban J connectivity index is 1.67. The first-order chi connectivity index (χ1) is 13.8. The Morgan fingerprint density at radius 2 is 1.72 bits per heavy atom. The van der Waals surface area contributed by atoms with Crippen molar-refractivity contribution in [3.63, 3.8) is 0 Å². The largest absolute Gasteiger partial charge is 0.451 e. The Labute approximate surface area is 166 Å². The summed E-state index contributed by atoms with van der Waals surface area (Å²) in [5.41, 5.74) is 3.57. The highest BCUT2D eigenvalue weighted by atomic mass is 16.5. The van der Waals surface area contributed by atoms with E-state index < -0.39 is 18.5 Å². The Bertz CT molecular complexity index is 1130. The number of anilines is 1. The van der Waals surface area contributed by atoms with Gasteiger partial charge in [0.1, 0.15) is 0 Å². The van der Waals surface area contributed by atoms with Crippen molar-refractivity contribution in [3.05, 3.63) is 69.4 Å². The molecule has 2 aromatic heterocycles. The van der Waals surface area contributed by atoms with Crippen LogP contribution in [0, 0.1) is 20.8 Å². The van der Waals surface area contributed by atoms with Crippen molar-refractivity contribution in [2.75, 3.05) is 11.9 Å². The van der Waals surface area contributed by atoms with Gasteiger partial charge in [0.25, 0.3) is 11.5 Å². The number of hydrogen-bond acceptors (Lipinski definition) is 6. The molecule has 1 aromatic carbocycles. The molecule has 2 heterocycles. The topological polar surface area (TPSA) is 108 Å². The molecule has 0 atom stereocenters. The number of nitrogens with one attached hydrogen (secondary N) is 1. The molecule has 0 spiro atoms. The molecule has 1 N–H and O–H groups in total. The molecule has 0 fully saturated rings. The first kappa shape index (κ1) is 20.0. The third-order valence-corrected chi connectivity index (χ3v) is 4.34. The standard InChI is InChI=1S/C20H21N5O4/c1-12-5-7-15(8-6-12)25-14(3)19(13(2)22-25)21-17(26)11-29-20(28)16-9-10-18(27)24(4)23-16/h5-10H,11H2,1-4H3,(H,21,26). The van der Waals surface area contributed by atoms with E-state index in [2.05, 4.69) is 15.5 Å². The molecule has 0 saturated heterocycles. The lowest BCUT2D eigenvalue weighted by Gasteiger charge is -2.08. The van der Waals surface area contributed by atoms with Gasteiger partial charge in [0, 0.05) is 13.1 Å². The van der Waals surface area contributed by atoms with E-state index in [1.165, 1.54) is 19.2 Å². The fourth-order valence-corrected chi connectivity index (χ4v) is 2.75. The summed E-state index contributed by atoms with van der Waals surface area (Å²) in [7, 11) is 1.42. The highest BCUT2D eigenvalue weighted by Gasteiger charge is 2.17. The van der Waals surface area contributed by atoms with Crippen LogP contribution in [0.3, 0.4) is 0 Å². The van der Waals surface area contributed by atoms with Crippen LogP contribution in [0.15, 0.2) is 41.2 Å². The molecule has 150 valence electrons. The SMILES string of the molecule is Cc1ccc(-n2nc(C)c(NC(=O)COC(=O)c3ccc(=O)n(C)n3)c2C)cc1. The summed E-state index contributed by atoms with van der Waals surface area (Å²) < 4.78 is 7.74. The van der Waals surface area contributed by atoms with Crippen molar-refractivity contribution in [1.29, 1.82) is 0 Å². The summed E-state index contributed by atoms with van der Waals surface area (Å²) in [6.45, 7) is 5.14. The number of nitrogens with zero attached hydrogens (tertiary/aromatic N) is 4. The van der Waals surface area contributed by atoms with Crippen LogP contribution in [0.5, 0.6) is 0 Å². The minimum absolute atomic E-state index is 0.0561. The van der Waals surface area contributed by atoms with Gasteiger partial charge in [-0.15, -0.1) is 0 Å². The molecule has 0 unspecified atom stereocenters. The van der Waals surface area contributed by atoms with Gasteiger partial charge in [-0.1, -0.05) is 17.7 Å². The van der Waals surface area contributed by atoms with Crippen LogP contribution in [0.1, 0.15) is 27.4 Å². The monoisotopic (exact) mass is 395 g/mol. The maximum absolute atomic E-state index is 12.3. The lowest BCUT2D eigenvalue weighted by Crippen LogP contribution is -2.25. The number of carbonyl (C=O) groups excluding carboxylic acids is 2. The second-order valence-corrected chi connectivity index (χ2v) is 6.60.